The molecule has 3 heteroatoms. The van der Waals surface area contributed by atoms with Crippen molar-refractivity contribution in [2.24, 2.45) is 0 Å². The summed E-state index contributed by atoms with van der Waals surface area (Å²) in [5.74, 6) is 0. The summed E-state index contributed by atoms with van der Waals surface area (Å²) >= 11 is 5.95. The Morgan fingerprint density at radius 2 is 1.94 bits per heavy atom. The van der Waals surface area contributed by atoms with Crippen molar-refractivity contribution in [1.82, 2.24) is 4.98 Å². The van der Waals surface area contributed by atoms with E-state index in [4.69, 9.17) is 11.6 Å². The predicted octanol–water partition coefficient (Wildman–Crippen LogP) is 4.43. The Morgan fingerprint density at radius 3 is 2.83 bits per heavy atom. The van der Waals surface area contributed by atoms with Gasteiger partial charge in [-0.25, -0.2) is 0 Å². The van der Waals surface area contributed by atoms with E-state index < -0.39 is 0 Å². The molecule has 0 saturated heterocycles. The first-order chi connectivity index (χ1) is 8.83. The largest absolute Gasteiger partial charge is 0.381 e. The van der Waals surface area contributed by atoms with Crippen molar-refractivity contribution in [2.45, 2.75) is 6.54 Å². The van der Waals surface area contributed by atoms with Gasteiger partial charge in [-0.05, 0) is 29.8 Å². The third-order valence-corrected chi connectivity index (χ3v) is 3.22. The smallest absolute Gasteiger partial charge is 0.0457 e. The van der Waals surface area contributed by atoms with Gasteiger partial charge in [0, 0.05) is 34.4 Å². The van der Waals surface area contributed by atoms with E-state index in [0.717, 1.165) is 17.3 Å². The Labute approximate surface area is 111 Å². The van der Waals surface area contributed by atoms with Crippen LogP contribution in [-0.2, 0) is 6.54 Å². The van der Waals surface area contributed by atoms with Crippen LogP contribution in [0.1, 0.15) is 5.56 Å². The van der Waals surface area contributed by atoms with Gasteiger partial charge in [-0.1, -0.05) is 35.9 Å². The van der Waals surface area contributed by atoms with E-state index in [0.29, 0.717) is 0 Å². The maximum Gasteiger partial charge on any atom is 0.0457 e. The fraction of sp³-hybridized carbons (Fsp3) is 0.0667. The van der Waals surface area contributed by atoms with Gasteiger partial charge in [0.25, 0.3) is 0 Å². The molecule has 0 aliphatic rings. The second kappa shape index (κ2) is 4.75. The first kappa shape index (κ1) is 11.2. The summed E-state index contributed by atoms with van der Waals surface area (Å²) in [4.78, 5) is 3.27. The van der Waals surface area contributed by atoms with E-state index in [1.165, 1.54) is 16.5 Å². The number of aromatic amines is 1. The first-order valence-corrected chi connectivity index (χ1v) is 6.25. The molecule has 3 aromatic rings. The molecule has 1 heterocycles. The molecule has 90 valence electrons. The number of rotatable bonds is 3. The lowest BCUT2D eigenvalue weighted by Gasteiger charge is -2.05. The molecule has 0 aliphatic carbocycles. The van der Waals surface area contributed by atoms with Gasteiger partial charge in [0.2, 0.25) is 0 Å². The minimum Gasteiger partial charge on any atom is -0.381 e. The highest BCUT2D eigenvalue weighted by atomic mass is 35.5. The lowest BCUT2D eigenvalue weighted by atomic mass is 10.2. The van der Waals surface area contributed by atoms with Crippen LogP contribution in [-0.4, -0.2) is 4.98 Å². The van der Waals surface area contributed by atoms with Gasteiger partial charge in [0.05, 0.1) is 0 Å². The molecule has 0 amide bonds. The number of H-pyrrole nitrogens is 1. The monoisotopic (exact) mass is 256 g/mol. The minimum absolute atomic E-state index is 0.749. The Kier molecular flexibility index (Phi) is 2.95. The lowest BCUT2D eigenvalue weighted by molar-refractivity contribution is 1.16. The van der Waals surface area contributed by atoms with Crippen molar-refractivity contribution in [1.29, 1.82) is 0 Å². The Balaban J connectivity index is 1.81. The van der Waals surface area contributed by atoms with Crippen molar-refractivity contribution >= 4 is 28.2 Å². The van der Waals surface area contributed by atoms with Crippen LogP contribution in [0.15, 0.2) is 54.7 Å². The maximum atomic E-state index is 5.95. The zero-order valence-electron chi connectivity index (χ0n) is 9.78. The number of aromatic nitrogens is 1. The van der Waals surface area contributed by atoms with Gasteiger partial charge in [-0.2, -0.15) is 0 Å². The van der Waals surface area contributed by atoms with Gasteiger partial charge in [0.1, 0.15) is 0 Å². The fourth-order valence-corrected chi connectivity index (χ4v) is 2.26. The second-order valence-corrected chi connectivity index (χ2v) is 4.66. The summed E-state index contributed by atoms with van der Waals surface area (Å²) in [7, 11) is 0. The van der Waals surface area contributed by atoms with Gasteiger partial charge < -0.3 is 10.3 Å². The lowest BCUT2D eigenvalue weighted by Crippen LogP contribution is -1.98. The molecule has 0 spiro atoms. The van der Waals surface area contributed by atoms with E-state index in [1.54, 1.807) is 0 Å². The van der Waals surface area contributed by atoms with Crippen LogP contribution in [0.2, 0.25) is 5.02 Å². The molecule has 0 fully saturated rings. The molecule has 2 aromatic carbocycles. The summed E-state index contributed by atoms with van der Waals surface area (Å²) < 4.78 is 0. The van der Waals surface area contributed by atoms with Gasteiger partial charge in [-0.15, -0.1) is 0 Å². The van der Waals surface area contributed by atoms with Crippen LogP contribution >= 0.6 is 11.6 Å². The van der Waals surface area contributed by atoms with E-state index in [9.17, 15) is 0 Å². The number of para-hydroxylation sites is 1. The predicted molar refractivity (Wildman–Crippen MR) is 77.1 cm³/mol. The average Bonchev–Trinajstić information content (AvgIpc) is 2.80. The first-order valence-electron chi connectivity index (χ1n) is 5.87. The average molecular weight is 257 g/mol. The number of benzene rings is 2. The summed E-state index contributed by atoms with van der Waals surface area (Å²) in [6.07, 6.45) is 2.04. The molecule has 0 unspecified atom stereocenters. The topological polar surface area (TPSA) is 27.8 Å². The quantitative estimate of drug-likeness (QED) is 0.713. The van der Waals surface area contributed by atoms with Gasteiger partial charge >= 0.3 is 0 Å². The zero-order valence-corrected chi connectivity index (χ0v) is 10.5. The Bertz CT molecular complexity index is 673. The highest BCUT2D eigenvalue weighted by molar-refractivity contribution is 6.30. The number of hydrogen-bond acceptors (Lipinski definition) is 1. The molecule has 3 rings (SSSR count). The third kappa shape index (κ3) is 2.20. The standard InChI is InChI=1S/C15H13ClN2/c16-12-4-3-5-13(8-12)17-9-11-10-18-15-7-2-1-6-14(11)15/h1-8,10,17-18H,9H2. The minimum atomic E-state index is 0.749. The van der Waals surface area contributed by atoms with Crippen molar-refractivity contribution in [3.05, 3.63) is 65.3 Å². The molecule has 0 atom stereocenters. The van der Waals surface area contributed by atoms with Gasteiger partial charge in [0.15, 0.2) is 0 Å². The molecule has 18 heavy (non-hydrogen) atoms. The summed E-state index contributed by atoms with van der Waals surface area (Å²) in [5, 5.41) is 5.38. The SMILES string of the molecule is Clc1cccc(NCc2c[nH]c3ccccc23)c1. The molecule has 0 aliphatic heterocycles. The zero-order chi connectivity index (χ0) is 12.4. The molecule has 2 nitrogen and oxygen atoms in total. The number of halogens is 1. The summed E-state index contributed by atoms with van der Waals surface area (Å²) in [5.41, 5.74) is 3.46. The highest BCUT2D eigenvalue weighted by Gasteiger charge is 2.02. The molecular formula is C15H13ClN2. The van der Waals surface area contributed by atoms with Crippen LogP contribution in [0.5, 0.6) is 0 Å². The number of nitrogens with one attached hydrogen (secondary N) is 2. The molecule has 0 bridgehead atoms. The molecule has 2 N–H and O–H groups in total. The van der Waals surface area contributed by atoms with Crippen molar-refractivity contribution in [3.8, 4) is 0 Å². The Morgan fingerprint density at radius 1 is 1.06 bits per heavy atom. The summed E-state index contributed by atoms with van der Waals surface area (Å²) in [6.45, 7) is 0.782. The molecular weight excluding hydrogens is 244 g/mol. The normalized spacial score (nSPS) is 10.7. The number of fused-ring (bicyclic) bond motifs is 1. The number of anilines is 1. The van der Waals surface area contributed by atoms with Crippen molar-refractivity contribution < 1.29 is 0 Å². The van der Waals surface area contributed by atoms with E-state index in [1.807, 2.05) is 36.5 Å². The Hall–Kier alpha value is -1.93. The van der Waals surface area contributed by atoms with Crippen molar-refractivity contribution in [3.63, 3.8) is 0 Å². The van der Waals surface area contributed by atoms with Crippen molar-refractivity contribution in [2.75, 3.05) is 5.32 Å². The highest BCUT2D eigenvalue weighted by Crippen LogP contribution is 2.20. The molecule has 1 aromatic heterocycles. The summed E-state index contributed by atoms with van der Waals surface area (Å²) in [6, 6.07) is 16.1. The van der Waals surface area contributed by atoms with Crippen LogP contribution in [0, 0.1) is 0 Å². The van der Waals surface area contributed by atoms with E-state index >= 15 is 0 Å². The van der Waals surface area contributed by atoms with Crippen LogP contribution in [0.3, 0.4) is 0 Å². The number of hydrogen-bond donors (Lipinski definition) is 2. The third-order valence-electron chi connectivity index (χ3n) is 2.98. The van der Waals surface area contributed by atoms with Crippen LogP contribution in [0.4, 0.5) is 5.69 Å². The fourth-order valence-electron chi connectivity index (χ4n) is 2.07. The second-order valence-electron chi connectivity index (χ2n) is 4.22. The molecule has 0 saturated carbocycles. The van der Waals surface area contributed by atoms with Gasteiger partial charge in [-0.3, -0.25) is 0 Å². The molecule has 0 radical (unpaired) electrons. The maximum absolute atomic E-state index is 5.95. The van der Waals surface area contributed by atoms with Crippen LogP contribution < -0.4 is 5.32 Å². The van der Waals surface area contributed by atoms with Crippen LogP contribution in [0.25, 0.3) is 10.9 Å². The van der Waals surface area contributed by atoms with E-state index in [-0.39, 0.29) is 0 Å². The van der Waals surface area contributed by atoms with E-state index in [2.05, 4.69) is 28.5 Å².